The predicted octanol–water partition coefficient (Wildman–Crippen LogP) is 2.86. The molecule has 1 aromatic carbocycles. The van der Waals surface area contributed by atoms with E-state index in [0.29, 0.717) is 6.54 Å². The van der Waals surface area contributed by atoms with Crippen LogP contribution in [0.2, 0.25) is 0 Å². The highest BCUT2D eigenvalue weighted by Gasteiger charge is 2.17. The summed E-state index contributed by atoms with van der Waals surface area (Å²) in [5.41, 5.74) is 2.57. The van der Waals surface area contributed by atoms with Crippen molar-refractivity contribution in [2.45, 2.75) is 58.2 Å². The van der Waals surface area contributed by atoms with Crippen molar-refractivity contribution in [2.75, 3.05) is 46.4 Å². The van der Waals surface area contributed by atoms with Gasteiger partial charge in [-0.3, -0.25) is 4.90 Å². The van der Waals surface area contributed by atoms with Gasteiger partial charge >= 0.3 is 0 Å². The van der Waals surface area contributed by atoms with E-state index in [0.717, 1.165) is 70.7 Å². The van der Waals surface area contributed by atoms with Crippen LogP contribution in [0.4, 0.5) is 0 Å². The van der Waals surface area contributed by atoms with Gasteiger partial charge in [-0.05, 0) is 56.1 Å². The first-order chi connectivity index (χ1) is 14.6. The average Bonchev–Trinajstić information content (AvgIpc) is 2.78. The summed E-state index contributed by atoms with van der Waals surface area (Å²) in [7, 11) is 2.14. The topological polar surface area (TPSA) is 60.3 Å². The first kappa shape index (κ1) is 23.0. The van der Waals surface area contributed by atoms with E-state index in [-0.39, 0.29) is 6.10 Å². The highest BCUT2D eigenvalue weighted by Crippen LogP contribution is 2.18. The van der Waals surface area contributed by atoms with Crippen LogP contribution in [0.15, 0.2) is 29.3 Å². The zero-order chi connectivity index (χ0) is 21.2. The lowest BCUT2D eigenvalue weighted by Crippen LogP contribution is -2.40. The van der Waals surface area contributed by atoms with Gasteiger partial charge in [-0.2, -0.15) is 0 Å². The maximum absolute atomic E-state index is 9.66. The van der Waals surface area contributed by atoms with E-state index < -0.39 is 0 Å². The number of hydrogen-bond acceptors (Lipinski definition) is 4. The average molecular weight is 417 g/mol. The number of rotatable bonds is 8. The Morgan fingerprint density at radius 2 is 1.80 bits per heavy atom. The van der Waals surface area contributed by atoms with Crippen molar-refractivity contribution >= 4 is 5.96 Å². The number of nitrogens with zero attached hydrogens (tertiary/aromatic N) is 3. The van der Waals surface area contributed by atoms with E-state index in [2.05, 4.69) is 53.4 Å². The molecule has 2 saturated heterocycles. The van der Waals surface area contributed by atoms with Crippen LogP contribution in [0.3, 0.4) is 0 Å². The van der Waals surface area contributed by atoms with Gasteiger partial charge in [0.1, 0.15) is 0 Å². The van der Waals surface area contributed by atoms with E-state index in [1.807, 2.05) is 0 Å². The fourth-order valence-electron chi connectivity index (χ4n) is 4.24. The van der Waals surface area contributed by atoms with Crippen LogP contribution in [0, 0.1) is 5.92 Å². The van der Waals surface area contributed by atoms with Crippen LogP contribution in [0.5, 0.6) is 0 Å². The molecule has 0 atom stereocenters. The van der Waals surface area contributed by atoms with Crippen molar-refractivity contribution < 1.29 is 9.84 Å². The molecule has 6 nitrogen and oxygen atoms in total. The Labute approximate surface area is 182 Å². The lowest BCUT2D eigenvalue weighted by Gasteiger charge is -2.29. The van der Waals surface area contributed by atoms with Crippen molar-refractivity contribution in [3.05, 3.63) is 35.4 Å². The second-order valence-electron chi connectivity index (χ2n) is 8.76. The number of ether oxygens (including phenoxy) is 1. The van der Waals surface area contributed by atoms with Gasteiger partial charge in [0.25, 0.3) is 0 Å². The van der Waals surface area contributed by atoms with Crippen LogP contribution >= 0.6 is 0 Å². The molecule has 0 aromatic heterocycles. The zero-order valence-corrected chi connectivity index (χ0v) is 18.9. The van der Waals surface area contributed by atoms with Crippen molar-refractivity contribution in [3.63, 3.8) is 0 Å². The highest BCUT2D eigenvalue weighted by atomic mass is 16.5. The summed E-state index contributed by atoms with van der Waals surface area (Å²) < 4.78 is 5.47. The molecule has 30 heavy (non-hydrogen) atoms. The largest absolute Gasteiger partial charge is 0.393 e. The lowest BCUT2D eigenvalue weighted by molar-refractivity contribution is 0.0625. The number of nitrogens with one attached hydrogen (secondary N) is 1. The zero-order valence-electron chi connectivity index (χ0n) is 18.9. The van der Waals surface area contributed by atoms with E-state index in [4.69, 9.17) is 9.73 Å². The molecule has 0 spiro atoms. The van der Waals surface area contributed by atoms with Gasteiger partial charge in [0.15, 0.2) is 5.96 Å². The van der Waals surface area contributed by atoms with Crippen LogP contribution in [0.1, 0.15) is 50.2 Å². The number of aliphatic hydroxyl groups is 1. The molecule has 168 valence electrons. The molecule has 0 bridgehead atoms. The van der Waals surface area contributed by atoms with Gasteiger partial charge in [0, 0.05) is 53.0 Å². The third-order valence-electron chi connectivity index (χ3n) is 6.31. The smallest absolute Gasteiger partial charge is 0.193 e. The molecular formula is C24H40N4O2. The fourth-order valence-corrected chi connectivity index (χ4v) is 4.24. The molecule has 6 heteroatoms. The minimum absolute atomic E-state index is 0.109. The molecule has 1 aromatic rings. The number of benzene rings is 1. The quantitative estimate of drug-likeness (QED) is 0.504. The predicted molar refractivity (Wildman–Crippen MR) is 123 cm³/mol. The van der Waals surface area contributed by atoms with Crippen LogP contribution in [0.25, 0.3) is 0 Å². The van der Waals surface area contributed by atoms with Crippen molar-refractivity contribution in [1.29, 1.82) is 0 Å². The Bertz CT molecular complexity index is 635. The summed E-state index contributed by atoms with van der Waals surface area (Å²) in [5.74, 6) is 1.76. The fraction of sp³-hybridized carbons (Fsp3) is 0.708. The summed E-state index contributed by atoms with van der Waals surface area (Å²) in [4.78, 5) is 9.56. The minimum atomic E-state index is -0.109. The summed E-state index contributed by atoms with van der Waals surface area (Å²) in [5, 5.41) is 13.1. The number of piperidine rings is 1. The van der Waals surface area contributed by atoms with Crippen molar-refractivity contribution in [3.8, 4) is 0 Å². The number of aliphatic imine (C=N–C) groups is 1. The van der Waals surface area contributed by atoms with Crippen molar-refractivity contribution in [2.24, 2.45) is 10.9 Å². The molecule has 2 fully saturated rings. The van der Waals surface area contributed by atoms with Crippen LogP contribution < -0.4 is 5.32 Å². The second kappa shape index (κ2) is 12.3. The maximum Gasteiger partial charge on any atom is 0.193 e. The summed E-state index contributed by atoms with van der Waals surface area (Å²) >= 11 is 0. The van der Waals surface area contributed by atoms with E-state index in [1.165, 1.54) is 30.4 Å². The number of hydrogen-bond donors (Lipinski definition) is 2. The van der Waals surface area contributed by atoms with Gasteiger partial charge in [-0.25, -0.2) is 4.99 Å². The third-order valence-corrected chi connectivity index (χ3v) is 6.31. The first-order valence-electron chi connectivity index (χ1n) is 11.7. The number of likely N-dealkylation sites (tertiary alicyclic amines) is 1. The third kappa shape index (κ3) is 7.56. The van der Waals surface area contributed by atoms with Gasteiger partial charge < -0.3 is 20.1 Å². The standard InChI is InChI=1S/C24H40N4O2/c1-3-25-24(27(2)13-8-20-11-16-30-17-12-20)26-18-21-4-6-22(7-5-21)19-28-14-9-23(29)10-15-28/h4-7,20,23,29H,3,8-19H2,1-2H3,(H,25,26). The highest BCUT2D eigenvalue weighted by molar-refractivity contribution is 5.79. The SMILES string of the molecule is CCNC(=NCc1ccc(CN2CCC(O)CC2)cc1)N(C)CCC1CCOCC1. The Morgan fingerprint density at radius 1 is 1.13 bits per heavy atom. The summed E-state index contributed by atoms with van der Waals surface area (Å²) in [6.07, 6.45) is 5.25. The molecule has 0 unspecified atom stereocenters. The van der Waals surface area contributed by atoms with Crippen LogP contribution in [-0.4, -0.2) is 73.4 Å². The Morgan fingerprint density at radius 3 is 2.47 bits per heavy atom. The molecule has 0 aliphatic carbocycles. The molecular weight excluding hydrogens is 376 g/mol. The lowest BCUT2D eigenvalue weighted by atomic mass is 9.96. The number of guanidine groups is 1. The molecule has 2 aliphatic rings. The van der Waals surface area contributed by atoms with E-state index in [9.17, 15) is 5.11 Å². The van der Waals surface area contributed by atoms with Crippen LogP contribution in [-0.2, 0) is 17.8 Å². The Kier molecular flexibility index (Phi) is 9.43. The molecule has 3 rings (SSSR count). The normalized spacial score (nSPS) is 19.8. The molecule has 0 amide bonds. The summed E-state index contributed by atoms with van der Waals surface area (Å²) in [6, 6.07) is 8.84. The Balaban J connectivity index is 1.48. The summed E-state index contributed by atoms with van der Waals surface area (Å²) in [6.45, 7) is 9.49. The van der Waals surface area contributed by atoms with E-state index in [1.54, 1.807) is 0 Å². The monoisotopic (exact) mass is 416 g/mol. The minimum Gasteiger partial charge on any atom is -0.393 e. The molecule has 2 aliphatic heterocycles. The van der Waals surface area contributed by atoms with E-state index >= 15 is 0 Å². The van der Waals surface area contributed by atoms with Gasteiger partial charge in [0.2, 0.25) is 0 Å². The maximum atomic E-state index is 9.66. The van der Waals surface area contributed by atoms with Gasteiger partial charge in [-0.1, -0.05) is 24.3 Å². The Hall–Kier alpha value is -1.63. The number of aliphatic hydroxyl groups excluding tert-OH is 1. The van der Waals surface area contributed by atoms with Gasteiger partial charge in [0.05, 0.1) is 12.6 Å². The molecule has 2 N–H and O–H groups in total. The molecule has 0 radical (unpaired) electrons. The molecule has 2 heterocycles. The molecule has 0 saturated carbocycles. The first-order valence-corrected chi connectivity index (χ1v) is 11.7. The van der Waals surface area contributed by atoms with Gasteiger partial charge in [-0.15, -0.1) is 0 Å². The second-order valence-corrected chi connectivity index (χ2v) is 8.76. The van der Waals surface area contributed by atoms with Crippen molar-refractivity contribution in [1.82, 2.24) is 15.1 Å².